The normalized spacial score (nSPS) is 8.92. The minimum absolute atomic E-state index is 0. The summed E-state index contributed by atoms with van der Waals surface area (Å²) in [5.41, 5.74) is 0. The summed E-state index contributed by atoms with van der Waals surface area (Å²) in [6.45, 7) is 0. The number of rotatable bonds is 2. The van der Waals surface area contributed by atoms with Crippen molar-refractivity contribution in [1.82, 2.24) is 8.75 Å². The summed E-state index contributed by atoms with van der Waals surface area (Å²) in [5, 5.41) is 3.98. The molecule has 0 fully saturated rings. The molecule has 0 saturated heterocycles. The van der Waals surface area contributed by atoms with E-state index in [4.69, 9.17) is 0 Å². The molecule has 0 atom stereocenters. The third-order valence-corrected chi connectivity index (χ3v) is 3.59. The molecule has 13 heavy (non-hydrogen) atoms. The van der Waals surface area contributed by atoms with Gasteiger partial charge in [-0.05, 0) is 0 Å². The zero-order valence-corrected chi connectivity index (χ0v) is 10.6. The van der Waals surface area contributed by atoms with Crippen LogP contribution in [0, 0.1) is 0 Å². The Morgan fingerprint density at radius 3 is 1.69 bits per heavy atom. The van der Waals surface area contributed by atoms with Gasteiger partial charge in [-0.15, -0.1) is 24.8 Å². The molecule has 0 aliphatic rings. The second kappa shape index (κ2) is 6.76. The molecule has 0 spiro atoms. The molecule has 0 unspecified atom stereocenters. The van der Waals surface area contributed by atoms with Gasteiger partial charge in [-0.25, -0.2) is 0 Å². The van der Waals surface area contributed by atoms with Crippen LogP contribution in [-0.4, -0.2) is 8.75 Å². The first kappa shape index (κ1) is 13.4. The first-order valence-corrected chi connectivity index (χ1v) is 5.66. The van der Waals surface area contributed by atoms with Crippen LogP contribution in [0.4, 0.5) is 0 Å². The van der Waals surface area contributed by atoms with E-state index in [9.17, 15) is 0 Å². The van der Waals surface area contributed by atoms with Crippen LogP contribution in [0.25, 0.3) is 0 Å². The predicted molar refractivity (Wildman–Crippen MR) is 58.0 cm³/mol. The van der Waals surface area contributed by atoms with Crippen molar-refractivity contribution in [2.75, 3.05) is 0 Å². The number of hydrogen-bond acceptors (Lipinski definition) is 4. The van der Waals surface area contributed by atoms with Gasteiger partial charge in [0.2, 0.25) is 0 Å². The van der Waals surface area contributed by atoms with Gasteiger partial charge in [-0.1, -0.05) is 0 Å². The van der Waals surface area contributed by atoms with Crippen molar-refractivity contribution in [2.45, 2.75) is 0 Å². The first-order chi connectivity index (χ1) is 5.45. The van der Waals surface area contributed by atoms with Crippen LogP contribution < -0.4 is 9.18 Å². The summed E-state index contributed by atoms with van der Waals surface area (Å²) in [5.74, 6) is 0. The molecular weight excluding hydrogens is 291 g/mol. The van der Waals surface area contributed by atoms with E-state index in [-0.39, 0.29) is 24.8 Å². The molecule has 2 aromatic rings. The molecule has 7 heteroatoms. The van der Waals surface area contributed by atoms with E-state index in [0.29, 0.717) is 0 Å². The Hall–Kier alpha value is 0.359. The fraction of sp³-hybridized carbons (Fsp3) is 0. The van der Waals surface area contributed by atoms with Crippen molar-refractivity contribution in [3.05, 3.63) is 22.9 Å². The van der Waals surface area contributed by atoms with Gasteiger partial charge in [0.25, 0.3) is 0 Å². The standard InChI is InChI=1S/2C3H2NS.2ClH.Fe/c2*1-2-4-5-3-1;;;/h2*1,3H;2*1H;. The molecule has 0 aliphatic carbocycles. The monoisotopic (exact) mass is 296 g/mol. The van der Waals surface area contributed by atoms with Crippen molar-refractivity contribution in [3.8, 4) is 0 Å². The Morgan fingerprint density at radius 1 is 0.923 bits per heavy atom. The number of halogens is 2. The molecule has 0 saturated carbocycles. The van der Waals surface area contributed by atoms with Crippen LogP contribution in [0.15, 0.2) is 22.9 Å². The Morgan fingerprint density at radius 2 is 1.38 bits per heavy atom. The summed E-state index contributed by atoms with van der Waals surface area (Å²) < 4.78 is 10.6. The SMILES string of the molecule is Cl.Cl.c1c[c]([Fe][c]2ccsn2)ns1. The maximum absolute atomic E-state index is 4.20. The third-order valence-electron chi connectivity index (χ3n) is 0.981. The zero-order valence-electron chi connectivity index (χ0n) is 6.19. The van der Waals surface area contributed by atoms with Crippen LogP contribution in [0.5, 0.6) is 0 Å². The van der Waals surface area contributed by atoms with Crippen LogP contribution >= 0.6 is 47.9 Å². The Balaban J connectivity index is 0.000000720. The van der Waals surface area contributed by atoms with Crippen molar-refractivity contribution in [3.63, 3.8) is 0 Å². The zero-order chi connectivity index (χ0) is 7.52. The maximum atomic E-state index is 4.20. The average molecular weight is 297 g/mol. The van der Waals surface area contributed by atoms with Gasteiger partial charge in [-0.3, -0.25) is 0 Å². The molecule has 0 radical (unpaired) electrons. The van der Waals surface area contributed by atoms with E-state index < -0.39 is 0 Å². The Kier molecular flexibility index (Phi) is 6.95. The van der Waals surface area contributed by atoms with Crippen molar-refractivity contribution in [2.24, 2.45) is 0 Å². The number of nitrogens with zero attached hydrogens (tertiary/aromatic N) is 2. The molecule has 0 amide bonds. The van der Waals surface area contributed by atoms with E-state index >= 15 is 0 Å². The summed E-state index contributed by atoms with van der Waals surface area (Å²) in [6, 6.07) is 4.06. The van der Waals surface area contributed by atoms with Gasteiger partial charge < -0.3 is 0 Å². The first-order valence-electron chi connectivity index (χ1n) is 2.88. The number of hydrogen-bond donors (Lipinski definition) is 0. The van der Waals surface area contributed by atoms with Gasteiger partial charge in [0.05, 0.1) is 0 Å². The van der Waals surface area contributed by atoms with E-state index in [0.717, 1.165) is 24.1 Å². The Labute approximate surface area is 103 Å². The third kappa shape index (κ3) is 3.94. The van der Waals surface area contributed by atoms with Crippen molar-refractivity contribution >= 4 is 57.1 Å². The topological polar surface area (TPSA) is 25.8 Å². The van der Waals surface area contributed by atoms with Gasteiger partial charge in [0, 0.05) is 0 Å². The molecule has 2 nitrogen and oxygen atoms in total. The molecule has 2 heterocycles. The van der Waals surface area contributed by atoms with Crippen molar-refractivity contribution < 1.29 is 15.0 Å². The van der Waals surface area contributed by atoms with Gasteiger partial charge in [0.15, 0.2) is 0 Å². The van der Waals surface area contributed by atoms with Crippen molar-refractivity contribution in [1.29, 1.82) is 0 Å². The van der Waals surface area contributed by atoms with E-state index in [1.54, 1.807) is 0 Å². The molecule has 2 rings (SSSR count). The van der Waals surface area contributed by atoms with Gasteiger partial charge in [0.1, 0.15) is 0 Å². The second-order valence-electron chi connectivity index (χ2n) is 1.71. The molecular formula is C6H6Cl2FeN2S2. The fourth-order valence-electron chi connectivity index (χ4n) is 0.574. The van der Waals surface area contributed by atoms with Crippen LogP contribution in [0.3, 0.4) is 0 Å². The average Bonchev–Trinajstić information content (AvgIpc) is 2.60. The second-order valence-corrected chi connectivity index (χ2v) is 4.45. The molecule has 0 bridgehead atoms. The molecule has 0 aliphatic heterocycles. The quantitative estimate of drug-likeness (QED) is 0.785. The van der Waals surface area contributed by atoms with Gasteiger partial charge in [-0.2, -0.15) is 0 Å². The van der Waals surface area contributed by atoms with Crippen LogP contribution in [-0.2, 0) is 15.0 Å². The summed E-state index contributed by atoms with van der Waals surface area (Å²) in [4.78, 5) is 0. The van der Waals surface area contributed by atoms with Gasteiger partial charge >= 0.3 is 78.8 Å². The number of aromatic nitrogens is 2. The van der Waals surface area contributed by atoms with Crippen LogP contribution in [0.2, 0.25) is 0 Å². The summed E-state index contributed by atoms with van der Waals surface area (Å²) >= 11 is 3.84. The summed E-state index contributed by atoms with van der Waals surface area (Å²) in [7, 11) is 0. The van der Waals surface area contributed by atoms with E-state index in [1.165, 1.54) is 23.1 Å². The van der Waals surface area contributed by atoms with E-state index in [1.807, 2.05) is 22.9 Å². The Bertz CT molecular complexity index is 279. The fourth-order valence-corrected chi connectivity index (χ4v) is 2.99. The molecule has 0 N–H and O–H groups in total. The van der Waals surface area contributed by atoms with Crippen LogP contribution in [0.1, 0.15) is 0 Å². The molecule has 0 aromatic carbocycles. The molecule has 74 valence electrons. The summed E-state index contributed by atoms with van der Waals surface area (Å²) in [6.07, 6.45) is 0. The molecule has 2 aromatic heterocycles. The van der Waals surface area contributed by atoms with E-state index in [2.05, 4.69) is 8.75 Å². The predicted octanol–water partition coefficient (Wildman–Crippen LogP) is 1.48. The minimum atomic E-state index is 0.